The van der Waals surface area contributed by atoms with Gasteiger partial charge in [0.15, 0.2) is 10.1 Å². The molecule has 6 aromatic rings. The van der Waals surface area contributed by atoms with Gasteiger partial charge in [0.1, 0.15) is 21.3 Å². The molecule has 43 heavy (non-hydrogen) atoms. The summed E-state index contributed by atoms with van der Waals surface area (Å²) in [5.74, 6) is -0.740. The number of ether oxygens (including phenoxy) is 2. The number of aromatic carboxylic acids is 2. The highest BCUT2D eigenvalue weighted by molar-refractivity contribution is 7.16. The lowest BCUT2D eigenvalue weighted by Gasteiger charge is -2.34. The van der Waals surface area contributed by atoms with Gasteiger partial charge in [-0.15, -0.1) is 0 Å². The van der Waals surface area contributed by atoms with Crippen molar-refractivity contribution in [3.8, 4) is 32.8 Å². The van der Waals surface area contributed by atoms with E-state index in [2.05, 4.69) is 72.8 Å². The van der Waals surface area contributed by atoms with Gasteiger partial charge in [-0.05, 0) is 81.9 Å². The van der Waals surface area contributed by atoms with Crippen molar-refractivity contribution >= 4 is 34.6 Å². The molecule has 0 spiro atoms. The Hall–Kier alpha value is -5.18. The van der Waals surface area contributed by atoms with Crippen LogP contribution in [0, 0.1) is 0 Å². The first-order chi connectivity index (χ1) is 20.9. The smallest absolute Gasteiger partial charge is 0.345 e. The fourth-order valence-corrected chi connectivity index (χ4v) is 7.21. The molecule has 0 bridgehead atoms. The lowest BCUT2D eigenvalue weighted by atomic mass is 9.68. The predicted molar refractivity (Wildman–Crippen MR) is 166 cm³/mol. The van der Waals surface area contributed by atoms with E-state index in [1.54, 1.807) is 12.1 Å². The molecule has 6 nitrogen and oxygen atoms in total. The van der Waals surface area contributed by atoms with Gasteiger partial charge < -0.3 is 19.7 Å². The Labute approximate surface area is 254 Å². The highest BCUT2D eigenvalue weighted by Gasteiger charge is 2.45. The first kappa shape index (κ1) is 26.7. The zero-order valence-electron chi connectivity index (χ0n) is 22.4. The molecule has 0 saturated heterocycles. The van der Waals surface area contributed by atoms with Crippen molar-refractivity contribution in [2.45, 2.75) is 5.41 Å². The van der Waals surface area contributed by atoms with E-state index in [0.29, 0.717) is 21.6 Å². The normalized spacial score (nSPS) is 12.7. The number of thiophene rings is 2. The van der Waals surface area contributed by atoms with Crippen LogP contribution in [0.4, 0.5) is 0 Å². The molecule has 2 N–H and O–H groups in total. The monoisotopic (exact) mass is 602 g/mol. The summed E-state index contributed by atoms with van der Waals surface area (Å²) in [6.07, 6.45) is 0. The van der Waals surface area contributed by atoms with Gasteiger partial charge in [-0.1, -0.05) is 95.5 Å². The standard InChI is InChI=1S/C35H22O6S2/c36-33(37)29-17-19-31(42-29)40-23-13-9-21(10-14-23)35(27-7-3-1-5-25(27)26-6-2-4-8-28(26)35)22-11-15-24(16-12-22)41-32-20-18-30(43-32)34(38)39/h1-20H,(H,36,37)(H,38,39). The van der Waals surface area contributed by atoms with Crippen LogP contribution in [0.3, 0.4) is 0 Å². The Bertz CT molecular complexity index is 1840. The molecule has 0 saturated carbocycles. The topological polar surface area (TPSA) is 93.1 Å². The van der Waals surface area contributed by atoms with Crippen molar-refractivity contribution in [1.82, 2.24) is 0 Å². The number of carboxylic acids is 2. The summed E-state index contributed by atoms with van der Waals surface area (Å²) in [5, 5.41) is 19.5. The lowest BCUT2D eigenvalue weighted by Crippen LogP contribution is -2.28. The first-order valence-corrected chi connectivity index (χ1v) is 15.0. The summed E-state index contributed by atoms with van der Waals surface area (Å²) in [7, 11) is 0. The Kier molecular flexibility index (Phi) is 6.57. The van der Waals surface area contributed by atoms with E-state index in [0.717, 1.165) is 44.9 Å². The summed E-state index contributed by atoms with van der Waals surface area (Å²) < 4.78 is 12.0. The van der Waals surface area contributed by atoms with Crippen LogP contribution in [-0.2, 0) is 5.41 Å². The number of carbonyl (C=O) groups is 2. The quantitative estimate of drug-likeness (QED) is 0.180. The Morgan fingerprint density at radius 1 is 0.512 bits per heavy atom. The van der Waals surface area contributed by atoms with Crippen LogP contribution in [0.1, 0.15) is 41.6 Å². The summed E-state index contributed by atoms with van der Waals surface area (Å²) >= 11 is 2.17. The van der Waals surface area contributed by atoms with Gasteiger partial charge in [-0.25, -0.2) is 9.59 Å². The molecule has 7 rings (SSSR count). The van der Waals surface area contributed by atoms with Crippen molar-refractivity contribution in [2.24, 2.45) is 0 Å². The van der Waals surface area contributed by atoms with E-state index in [-0.39, 0.29) is 9.75 Å². The molecule has 0 radical (unpaired) electrons. The van der Waals surface area contributed by atoms with Crippen molar-refractivity contribution in [2.75, 3.05) is 0 Å². The van der Waals surface area contributed by atoms with Crippen LogP contribution in [0.5, 0.6) is 21.6 Å². The fraction of sp³-hybridized carbons (Fsp3) is 0.0286. The maximum Gasteiger partial charge on any atom is 0.345 e. The van der Waals surface area contributed by atoms with Crippen LogP contribution in [0.25, 0.3) is 11.1 Å². The summed E-state index contributed by atoms with van der Waals surface area (Å²) in [5.41, 5.74) is 6.12. The van der Waals surface area contributed by atoms with E-state index in [4.69, 9.17) is 9.47 Å². The highest BCUT2D eigenvalue weighted by Crippen LogP contribution is 2.56. The third-order valence-electron chi connectivity index (χ3n) is 7.55. The third kappa shape index (κ3) is 4.57. The minimum atomic E-state index is -0.979. The number of fused-ring (bicyclic) bond motifs is 3. The van der Waals surface area contributed by atoms with Crippen molar-refractivity contribution in [1.29, 1.82) is 0 Å². The largest absolute Gasteiger partial charge is 0.477 e. The van der Waals surface area contributed by atoms with E-state index in [1.165, 1.54) is 23.3 Å². The Morgan fingerprint density at radius 3 is 1.28 bits per heavy atom. The first-order valence-electron chi connectivity index (χ1n) is 13.4. The van der Waals surface area contributed by atoms with Crippen molar-refractivity contribution < 1.29 is 29.3 Å². The summed E-state index contributed by atoms with van der Waals surface area (Å²) in [6.45, 7) is 0. The molecule has 0 amide bonds. The van der Waals surface area contributed by atoms with Crippen molar-refractivity contribution in [3.63, 3.8) is 0 Å². The maximum atomic E-state index is 11.3. The van der Waals surface area contributed by atoms with E-state index in [1.807, 2.05) is 24.3 Å². The van der Waals surface area contributed by atoms with Crippen LogP contribution in [-0.4, -0.2) is 22.2 Å². The van der Waals surface area contributed by atoms with Crippen molar-refractivity contribution in [3.05, 3.63) is 153 Å². The van der Waals surface area contributed by atoms with Crippen LogP contribution in [0.2, 0.25) is 0 Å². The number of hydrogen-bond acceptors (Lipinski definition) is 6. The molecule has 210 valence electrons. The van der Waals surface area contributed by atoms with E-state index in [9.17, 15) is 19.8 Å². The second kappa shape index (κ2) is 10.6. The molecular formula is C35H22O6S2. The van der Waals surface area contributed by atoms with E-state index < -0.39 is 17.4 Å². The Morgan fingerprint density at radius 2 is 0.907 bits per heavy atom. The van der Waals surface area contributed by atoms with Gasteiger partial charge in [0.05, 0.1) is 5.41 Å². The molecule has 2 heterocycles. The predicted octanol–water partition coefficient (Wildman–Crippen LogP) is 9.15. The zero-order chi connectivity index (χ0) is 29.6. The zero-order valence-corrected chi connectivity index (χ0v) is 24.0. The molecule has 8 heteroatoms. The second-order valence-corrected chi connectivity index (χ2v) is 12.0. The minimum absolute atomic E-state index is 0.221. The number of rotatable bonds is 8. The average Bonchev–Trinajstić information content (AvgIpc) is 3.76. The van der Waals surface area contributed by atoms with E-state index >= 15 is 0 Å². The SMILES string of the molecule is O=C(O)c1ccc(Oc2ccc(C3(c4ccc(Oc5ccc(C(=O)O)s5)cc4)c4ccccc4-c4ccccc43)cc2)s1. The summed E-state index contributed by atoms with van der Waals surface area (Å²) in [4.78, 5) is 23.0. The molecule has 0 unspecified atom stereocenters. The van der Waals surface area contributed by atoms with Gasteiger partial charge in [-0.2, -0.15) is 0 Å². The number of benzene rings is 4. The van der Waals surface area contributed by atoms with Crippen LogP contribution >= 0.6 is 22.7 Å². The molecule has 1 aliphatic carbocycles. The Balaban J connectivity index is 1.31. The molecule has 4 aromatic carbocycles. The molecule has 2 aromatic heterocycles. The average molecular weight is 603 g/mol. The number of hydrogen-bond donors (Lipinski definition) is 2. The second-order valence-electron chi connectivity index (χ2n) is 9.94. The van der Waals surface area contributed by atoms with Gasteiger partial charge in [0, 0.05) is 0 Å². The van der Waals surface area contributed by atoms with Gasteiger partial charge >= 0.3 is 11.9 Å². The number of carboxylic acid groups (broad SMARTS) is 2. The molecule has 0 atom stereocenters. The summed E-state index contributed by atoms with van der Waals surface area (Å²) in [6, 6.07) is 39.1. The molecule has 1 aliphatic rings. The third-order valence-corrected chi connectivity index (χ3v) is 9.45. The minimum Gasteiger partial charge on any atom is -0.477 e. The lowest BCUT2D eigenvalue weighted by molar-refractivity contribution is 0.0691. The van der Waals surface area contributed by atoms with Crippen LogP contribution < -0.4 is 9.47 Å². The molecule has 0 aliphatic heterocycles. The highest BCUT2D eigenvalue weighted by atomic mass is 32.1. The van der Waals surface area contributed by atoms with Crippen LogP contribution in [0.15, 0.2) is 121 Å². The van der Waals surface area contributed by atoms with Gasteiger partial charge in [-0.3, -0.25) is 0 Å². The van der Waals surface area contributed by atoms with Gasteiger partial charge in [0.2, 0.25) is 0 Å². The molecular weight excluding hydrogens is 581 g/mol. The molecule has 0 fully saturated rings. The maximum absolute atomic E-state index is 11.3. The van der Waals surface area contributed by atoms with Gasteiger partial charge in [0.25, 0.3) is 0 Å². The fourth-order valence-electron chi connectivity index (χ4n) is 5.78.